The van der Waals surface area contributed by atoms with E-state index in [9.17, 15) is 24.1 Å². The lowest BCUT2D eigenvalue weighted by Gasteiger charge is -2.22. The van der Waals surface area contributed by atoms with Crippen molar-refractivity contribution in [1.29, 1.82) is 0 Å². The Hall–Kier alpha value is -3.32. The molecule has 0 saturated heterocycles. The number of aliphatic hydroxyl groups is 3. The summed E-state index contributed by atoms with van der Waals surface area (Å²) in [6.07, 6.45) is 1.70. The number of thiazole rings is 1. The van der Waals surface area contributed by atoms with Gasteiger partial charge in [-0.15, -0.1) is 11.3 Å². The van der Waals surface area contributed by atoms with E-state index in [0.29, 0.717) is 22.8 Å². The number of rotatable bonds is 8. The summed E-state index contributed by atoms with van der Waals surface area (Å²) in [4.78, 5) is 18.7. The maximum atomic E-state index is 14.3. The number of aryl methyl sites for hydroxylation is 1. The van der Waals surface area contributed by atoms with Gasteiger partial charge in [0.2, 0.25) is 5.95 Å². The molecule has 3 heterocycles. The van der Waals surface area contributed by atoms with Crippen LogP contribution in [0.15, 0.2) is 30.5 Å². The fourth-order valence-corrected chi connectivity index (χ4v) is 6.17. The van der Waals surface area contributed by atoms with Crippen molar-refractivity contribution < 1.29 is 24.1 Å². The summed E-state index contributed by atoms with van der Waals surface area (Å²) in [5, 5.41) is 37.7. The summed E-state index contributed by atoms with van der Waals surface area (Å²) in [5.41, 5.74) is 2.89. The van der Waals surface area contributed by atoms with Gasteiger partial charge >= 0.3 is 0 Å². The van der Waals surface area contributed by atoms with Gasteiger partial charge in [0.05, 0.1) is 33.8 Å². The van der Waals surface area contributed by atoms with Gasteiger partial charge in [-0.05, 0) is 44.4 Å². The van der Waals surface area contributed by atoms with Gasteiger partial charge in [-0.2, -0.15) is 4.98 Å². The molecule has 1 aromatic carbocycles. The van der Waals surface area contributed by atoms with Crippen LogP contribution in [0, 0.1) is 24.5 Å². The number of pyridine rings is 1. The Morgan fingerprint density at radius 3 is 2.49 bits per heavy atom. The molecule has 6 rings (SSSR count). The van der Waals surface area contributed by atoms with Gasteiger partial charge in [0.25, 0.3) is 0 Å². The predicted octanol–water partition coefficient (Wildman–Crippen LogP) is 3.74. The van der Waals surface area contributed by atoms with Crippen molar-refractivity contribution in [2.24, 2.45) is 5.92 Å². The van der Waals surface area contributed by atoms with E-state index in [1.165, 1.54) is 29.5 Å². The zero-order valence-corrected chi connectivity index (χ0v) is 21.9. The van der Waals surface area contributed by atoms with E-state index in [1.54, 1.807) is 6.20 Å². The van der Waals surface area contributed by atoms with Crippen LogP contribution in [0.1, 0.15) is 42.1 Å². The second-order valence-electron chi connectivity index (χ2n) is 10.2. The number of fused-ring (bicyclic) bond motifs is 1. The first kappa shape index (κ1) is 25.9. The van der Waals surface area contributed by atoms with Gasteiger partial charge in [-0.3, -0.25) is 4.98 Å². The molecular formula is C27H28F2N6O3S. The summed E-state index contributed by atoms with van der Waals surface area (Å²) in [7, 11) is 0. The van der Waals surface area contributed by atoms with Gasteiger partial charge in [0.1, 0.15) is 34.1 Å². The summed E-state index contributed by atoms with van der Waals surface area (Å²) in [6.45, 7) is 1.47. The molecule has 5 N–H and O–H groups in total. The number of anilines is 2. The largest absolute Gasteiger partial charge is 0.396 e. The zero-order chi connectivity index (χ0) is 27.3. The van der Waals surface area contributed by atoms with Gasteiger partial charge in [0, 0.05) is 36.7 Å². The van der Waals surface area contributed by atoms with E-state index in [4.69, 9.17) is 9.97 Å². The lowest BCUT2D eigenvalue weighted by Crippen LogP contribution is -2.35. The maximum absolute atomic E-state index is 14.3. The van der Waals surface area contributed by atoms with Crippen LogP contribution in [0.3, 0.4) is 0 Å². The van der Waals surface area contributed by atoms with Crippen molar-refractivity contribution in [3.63, 3.8) is 0 Å². The number of benzene rings is 1. The number of hydrogen-bond donors (Lipinski definition) is 5. The average Bonchev–Trinajstić information content (AvgIpc) is 3.62. The third-order valence-electron chi connectivity index (χ3n) is 7.45. The smallest absolute Gasteiger partial charge is 0.225 e. The Kier molecular flexibility index (Phi) is 6.88. The third-order valence-corrected chi connectivity index (χ3v) is 8.49. The standard InChI is InChI=1S/C27H28F2N6O3S/c1-12-21-19(7-8-30-12)39-26(33-21)20-22(13-5-6-13)34-27(31-10-15-16(28)3-2-4-17(15)29)35-25(20)32-18-9-14(11-36)23(37)24(18)38/h2-4,7-8,13-14,18,23-24,36-38H,5-6,9-11H2,1H3,(H2,31,32,34,35). The van der Waals surface area contributed by atoms with Crippen LogP contribution in [-0.2, 0) is 6.54 Å². The van der Waals surface area contributed by atoms with Gasteiger partial charge in [-0.25, -0.2) is 18.7 Å². The normalized spacial score (nSPS) is 22.9. The highest BCUT2D eigenvalue weighted by atomic mass is 32.1. The number of aliphatic hydroxyl groups excluding tert-OH is 3. The zero-order valence-electron chi connectivity index (χ0n) is 21.1. The molecule has 0 bridgehead atoms. The molecular weight excluding hydrogens is 526 g/mol. The second kappa shape index (κ2) is 10.3. The van der Waals surface area contributed by atoms with Gasteiger partial charge < -0.3 is 26.0 Å². The number of aromatic nitrogens is 4. The first-order chi connectivity index (χ1) is 18.8. The van der Waals surface area contributed by atoms with Crippen LogP contribution in [0.5, 0.6) is 0 Å². The molecule has 3 aromatic heterocycles. The molecule has 2 aliphatic rings. The van der Waals surface area contributed by atoms with Crippen molar-refractivity contribution in [2.45, 2.75) is 56.9 Å². The lowest BCUT2D eigenvalue weighted by molar-refractivity contribution is 0.00446. The number of nitrogens with one attached hydrogen (secondary N) is 2. The van der Waals surface area contributed by atoms with Crippen LogP contribution in [0.2, 0.25) is 0 Å². The van der Waals surface area contributed by atoms with E-state index in [2.05, 4.69) is 20.6 Å². The molecule has 0 spiro atoms. The van der Waals surface area contributed by atoms with Gasteiger partial charge in [0.15, 0.2) is 0 Å². The van der Waals surface area contributed by atoms with Crippen LogP contribution >= 0.6 is 11.3 Å². The first-order valence-electron chi connectivity index (χ1n) is 12.9. The van der Waals surface area contributed by atoms with Crippen LogP contribution in [0.25, 0.3) is 20.8 Å². The molecule has 2 aliphatic carbocycles. The summed E-state index contributed by atoms with van der Waals surface area (Å²) in [5.74, 6) is -1.10. The molecule has 2 saturated carbocycles. The van der Waals surface area contributed by atoms with E-state index < -0.39 is 35.8 Å². The molecule has 0 amide bonds. The quantitative estimate of drug-likeness (QED) is 0.221. The molecule has 9 nitrogen and oxygen atoms in total. The van der Waals surface area contributed by atoms with E-state index in [1.807, 2.05) is 13.0 Å². The molecule has 0 aliphatic heterocycles. The highest BCUT2D eigenvalue weighted by molar-refractivity contribution is 7.21. The van der Waals surface area contributed by atoms with Crippen LogP contribution in [-0.4, -0.2) is 60.1 Å². The Balaban J connectivity index is 1.44. The molecule has 4 unspecified atom stereocenters. The Morgan fingerprint density at radius 1 is 1.05 bits per heavy atom. The minimum Gasteiger partial charge on any atom is -0.396 e. The minimum atomic E-state index is -1.12. The lowest BCUT2D eigenvalue weighted by atomic mass is 10.1. The van der Waals surface area contributed by atoms with Gasteiger partial charge in [-0.1, -0.05) is 6.07 Å². The molecule has 2 fully saturated rings. The Morgan fingerprint density at radius 2 is 1.82 bits per heavy atom. The van der Waals surface area contributed by atoms with E-state index in [-0.39, 0.29) is 30.6 Å². The topological polar surface area (TPSA) is 136 Å². The SMILES string of the molecule is Cc1nccc2sc(-c3c(NC4CC(CO)C(O)C4O)nc(NCc4c(F)cccc4F)nc3C3CC3)nc12. The first-order valence-corrected chi connectivity index (χ1v) is 13.7. The van der Waals surface area contributed by atoms with Crippen LogP contribution < -0.4 is 10.6 Å². The molecule has 39 heavy (non-hydrogen) atoms. The van der Waals surface area contributed by atoms with Crippen molar-refractivity contribution in [3.8, 4) is 10.6 Å². The Bertz CT molecular complexity index is 1510. The summed E-state index contributed by atoms with van der Waals surface area (Å²) >= 11 is 1.48. The summed E-state index contributed by atoms with van der Waals surface area (Å²) in [6, 6.07) is 5.01. The van der Waals surface area contributed by atoms with Crippen molar-refractivity contribution in [2.75, 3.05) is 17.2 Å². The molecule has 12 heteroatoms. The molecule has 0 radical (unpaired) electrons. The minimum absolute atomic E-state index is 0.123. The molecule has 204 valence electrons. The third kappa shape index (κ3) is 4.93. The summed E-state index contributed by atoms with van der Waals surface area (Å²) < 4.78 is 29.5. The fraction of sp³-hybridized carbons (Fsp3) is 0.407. The number of nitrogens with zero attached hydrogens (tertiary/aromatic N) is 4. The van der Waals surface area contributed by atoms with Crippen LogP contribution in [0.4, 0.5) is 20.5 Å². The van der Waals surface area contributed by atoms with E-state index >= 15 is 0 Å². The molecule has 4 atom stereocenters. The highest BCUT2D eigenvalue weighted by Gasteiger charge is 2.42. The number of halogens is 2. The maximum Gasteiger partial charge on any atom is 0.225 e. The molecule has 4 aromatic rings. The van der Waals surface area contributed by atoms with E-state index in [0.717, 1.165) is 34.4 Å². The average molecular weight is 555 g/mol. The van der Waals surface area contributed by atoms with Crippen molar-refractivity contribution in [1.82, 2.24) is 19.9 Å². The predicted molar refractivity (Wildman–Crippen MR) is 143 cm³/mol. The highest BCUT2D eigenvalue weighted by Crippen LogP contribution is 2.47. The number of hydrogen-bond acceptors (Lipinski definition) is 10. The monoisotopic (exact) mass is 554 g/mol. The van der Waals surface area contributed by atoms with Crippen molar-refractivity contribution in [3.05, 3.63) is 59.0 Å². The second-order valence-corrected chi connectivity index (χ2v) is 11.2. The van der Waals surface area contributed by atoms with Crippen molar-refractivity contribution >= 4 is 33.3 Å². The fourth-order valence-electron chi connectivity index (χ4n) is 5.11. The Labute approximate surface area is 227 Å².